The normalized spacial score (nSPS) is 13.1. The summed E-state index contributed by atoms with van der Waals surface area (Å²) in [4.78, 5) is 12.2. The van der Waals surface area contributed by atoms with Crippen LogP contribution >= 0.6 is 0 Å². The highest BCUT2D eigenvalue weighted by Gasteiger charge is 2.38. The Kier molecular flexibility index (Phi) is 18.2. The average molecular weight is 1300 g/mol. The number of para-hydroxylation sites is 6. The van der Waals surface area contributed by atoms with Gasteiger partial charge in [0.25, 0.3) is 0 Å². The van der Waals surface area contributed by atoms with Crippen molar-refractivity contribution >= 4 is 133 Å². The molecule has 491 valence electrons. The predicted octanol–water partition coefficient (Wildman–Crippen LogP) is 20.4. The molecule has 1 radical (unpaired) electrons. The van der Waals surface area contributed by atoms with E-state index in [1.54, 1.807) is 0 Å². The highest BCUT2D eigenvalue weighted by atomic mass is 15.2. The summed E-state index contributed by atoms with van der Waals surface area (Å²) >= 11 is 0. The SMILES string of the molecule is Cc1ccc(N(c2ccc(C(C)(C)C)cc2)c2ccc3c(c2)N(c2ccccc2)c2ccccc2B3c2c/c3cc(N(c4ccc(C(C)(C)C)cc4)c4ccc(C(C)(C)C)cc4)cc(/c(=C\Nc4ccccc4)cc2N(C)c2ccccc2)N(c2ccccc2)c2ccccc2[B]\C=3)cc1. The van der Waals surface area contributed by atoms with Crippen LogP contribution in [0.2, 0.25) is 0 Å². The molecule has 0 saturated carbocycles. The fourth-order valence-corrected chi connectivity index (χ4v) is 14.0. The maximum absolute atomic E-state index is 3.90. The summed E-state index contributed by atoms with van der Waals surface area (Å²) in [6.07, 6.45) is 2.22. The zero-order valence-electron chi connectivity index (χ0n) is 59.5. The molecule has 0 unspecified atom stereocenters. The zero-order valence-corrected chi connectivity index (χ0v) is 59.5. The smallest absolute Gasteiger partial charge is 0.249 e. The van der Waals surface area contributed by atoms with E-state index in [0.717, 1.165) is 112 Å². The first-order valence-corrected chi connectivity index (χ1v) is 35.1. The second-order valence-corrected chi connectivity index (χ2v) is 29.6. The van der Waals surface area contributed by atoms with Crippen molar-refractivity contribution in [3.05, 3.63) is 342 Å². The zero-order chi connectivity index (χ0) is 69.3. The first kappa shape index (κ1) is 66.0. The number of anilines is 15. The lowest BCUT2D eigenvalue weighted by atomic mass is 9.34. The molecule has 12 aromatic rings. The van der Waals surface area contributed by atoms with E-state index in [0.29, 0.717) is 0 Å². The van der Waals surface area contributed by atoms with Crippen molar-refractivity contribution in [2.24, 2.45) is 0 Å². The molecule has 0 fully saturated rings. The van der Waals surface area contributed by atoms with E-state index in [1.807, 2.05) is 0 Å². The van der Waals surface area contributed by atoms with Gasteiger partial charge in [0.15, 0.2) is 7.28 Å². The van der Waals surface area contributed by atoms with Crippen LogP contribution < -0.4 is 62.1 Å². The Morgan fingerprint density at radius 2 is 0.790 bits per heavy atom. The van der Waals surface area contributed by atoms with E-state index in [1.165, 1.54) is 27.7 Å². The van der Waals surface area contributed by atoms with Crippen molar-refractivity contribution < 1.29 is 0 Å². The Hall–Kier alpha value is -11.2. The van der Waals surface area contributed by atoms with Crippen molar-refractivity contribution in [2.75, 3.05) is 36.9 Å². The summed E-state index contributed by atoms with van der Waals surface area (Å²) in [6, 6.07) is 115. The number of benzene rings is 11. The number of rotatable bonds is 13. The van der Waals surface area contributed by atoms with E-state index in [2.05, 4.69) is 435 Å². The summed E-state index contributed by atoms with van der Waals surface area (Å²) < 4.78 is 0. The second-order valence-electron chi connectivity index (χ2n) is 29.6. The summed E-state index contributed by atoms with van der Waals surface area (Å²) in [6.45, 7) is 22.4. The van der Waals surface area contributed by atoms with Crippen LogP contribution in [0.4, 0.5) is 85.3 Å². The fraction of sp³-hybridized carbons (Fsp3) is 0.152. The van der Waals surface area contributed by atoms with Crippen LogP contribution in [0.3, 0.4) is 0 Å². The van der Waals surface area contributed by atoms with Crippen LogP contribution in [0.15, 0.2) is 309 Å². The monoisotopic (exact) mass is 1300 g/mol. The molecule has 2 heterocycles. The third-order valence-electron chi connectivity index (χ3n) is 19.5. The van der Waals surface area contributed by atoms with Gasteiger partial charge in [-0.25, -0.2) is 0 Å². The molecule has 12 aromatic carbocycles. The lowest BCUT2D eigenvalue weighted by Gasteiger charge is -2.39. The number of hydrogen-bond donors (Lipinski definition) is 1. The van der Waals surface area contributed by atoms with Crippen molar-refractivity contribution in [1.29, 1.82) is 0 Å². The number of fused-ring (bicyclic) bond motifs is 7. The van der Waals surface area contributed by atoms with Gasteiger partial charge in [-0.05, 0) is 201 Å². The first-order chi connectivity index (χ1) is 48.3. The molecule has 0 amide bonds. The molecule has 0 saturated heterocycles. The van der Waals surface area contributed by atoms with Gasteiger partial charge >= 0.3 is 0 Å². The van der Waals surface area contributed by atoms with Crippen molar-refractivity contribution in [1.82, 2.24) is 0 Å². The molecule has 14 rings (SSSR count). The minimum atomic E-state index is -0.349. The Morgan fingerprint density at radius 3 is 1.33 bits per heavy atom. The van der Waals surface area contributed by atoms with Gasteiger partial charge in [0, 0.05) is 98.1 Å². The van der Waals surface area contributed by atoms with Gasteiger partial charge in [0.05, 0.1) is 5.69 Å². The second kappa shape index (κ2) is 27.6. The number of nitrogens with one attached hydrogen (secondary N) is 1. The Balaban J connectivity index is 1.16. The van der Waals surface area contributed by atoms with Crippen LogP contribution in [-0.4, -0.2) is 21.0 Å². The van der Waals surface area contributed by atoms with Crippen molar-refractivity contribution in [3.63, 3.8) is 0 Å². The highest BCUT2D eigenvalue weighted by Crippen LogP contribution is 2.44. The van der Waals surface area contributed by atoms with Crippen LogP contribution in [0.5, 0.6) is 0 Å². The molecule has 2 aliphatic heterocycles. The lowest BCUT2D eigenvalue weighted by Crippen LogP contribution is -2.58. The van der Waals surface area contributed by atoms with Gasteiger partial charge in [0.1, 0.15) is 0 Å². The Bertz CT molecular complexity index is 5030. The fourth-order valence-electron chi connectivity index (χ4n) is 14.0. The van der Waals surface area contributed by atoms with Gasteiger partial charge in [-0.15, -0.1) is 5.98 Å². The van der Waals surface area contributed by atoms with E-state index in [-0.39, 0.29) is 23.0 Å². The minimum Gasteiger partial charge on any atom is -0.361 e. The summed E-state index contributed by atoms with van der Waals surface area (Å²) in [5.74, 6) is 2.35. The predicted molar refractivity (Wildman–Crippen MR) is 433 cm³/mol. The van der Waals surface area contributed by atoms with Crippen LogP contribution in [0, 0.1) is 6.92 Å². The average Bonchev–Trinajstić information content (AvgIpc) is 0.724. The van der Waals surface area contributed by atoms with E-state index >= 15 is 0 Å². The maximum Gasteiger partial charge on any atom is 0.249 e. The largest absolute Gasteiger partial charge is 0.361 e. The Morgan fingerprint density at radius 1 is 0.360 bits per heavy atom. The quantitative estimate of drug-likeness (QED) is 0.116. The molecule has 100 heavy (non-hydrogen) atoms. The van der Waals surface area contributed by atoms with Gasteiger partial charge in [-0.2, -0.15) is 0 Å². The molecular weight excluding hydrogens is 1210 g/mol. The molecule has 0 atom stereocenters. The Labute approximate surface area is 594 Å². The van der Waals surface area contributed by atoms with Gasteiger partial charge in [0.2, 0.25) is 6.71 Å². The lowest BCUT2D eigenvalue weighted by molar-refractivity contribution is 0.590. The van der Waals surface area contributed by atoms with Crippen LogP contribution in [0.25, 0.3) is 12.2 Å². The molecular formula is C92H87B2N6. The minimum absolute atomic E-state index is 0.0144. The van der Waals surface area contributed by atoms with Crippen LogP contribution in [0.1, 0.15) is 84.6 Å². The number of nitrogens with zero attached hydrogens (tertiary/aromatic N) is 5. The molecule has 0 aromatic heterocycles. The van der Waals surface area contributed by atoms with Crippen LogP contribution in [-0.2, 0) is 16.2 Å². The summed E-state index contributed by atoms with van der Waals surface area (Å²) in [7, 11) is 4.56. The van der Waals surface area contributed by atoms with Gasteiger partial charge in [-0.3, -0.25) is 0 Å². The number of hydrogen-bond acceptors (Lipinski definition) is 6. The summed E-state index contributed by atoms with van der Waals surface area (Å²) in [5.41, 5.74) is 24.9. The molecule has 0 aliphatic carbocycles. The first-order valence-electron chi connectivity index (χ1n) is 35.1. The van der Waals surface area contributed by atoms with E-state index in [9.17, 15) is 0 Å². The molecule has 6 nitrogen and oxygen atoms in total. The third-order valence-corrected chi connectivity index (χ3v) is 19.5. The van der Waals surface area contributed by atoms with E-state index < -0.39 is 0 Å². The molecule has 2 aliphatic rings. The van der Waals surface area contributed by atoms with Gasteiger partial charge in [-0.1, -0.05) is 243 Å². The molecule has 2 bridgehead atoms. The third kappa shape index (κ3) is 13.7. The van der Waals surface area contributed by atoms with Gasteiger partial charge < -0.3 is 29.8 Å². The van der Waals surface area contributed by atoms with E-state index in [4.69, 9.17) is 0 Å². The maximum atomic E-state index is 3.90. The molecule has 0 spiro atoms. The topological polar surface area (TPSA) is 28.2 Å². The highest BCUT2D eigenvalue weighted by molar-refractivity contribution is 6.98. The number of aryl methyl sites for hydroxylation is 1. The summed E-state index contributed by atoms with van der Waals surface area (Å²) in [5, 5.41) is 5.85. The standard InChI is InChI=1S/C92H87B2N6/c1-65-40-48-75(49-41-65)97(76-50-42-68(43-51-76)90(2,3)4)79-56-57-83-89(61-79)100(74-34-22-15-23-35-74)86-39-27-25-37-82(86)94(83)84-59-66-58-80(98(77-52-44-69(45-53-77)91(5,6)7)78-54-46-70(47-55-78)92(8,9)10)62-87(99(73-32-20-14-21-33-73)85-38-26-24-36-81(85)93-63-66)67(64-95-71-28-16-12-17-29-71)60-88(84)96(11)72-30-18-13-19-31-72/h12-64,95H,1-11H3/b66-63+,67-64-,80-58?,84-59?,87-62?,88-60?. The van der Waals surface area contributed by atoms with Crippen molar-refractivity contribution in [2.45, 2.75) is 85.5 Å². The van der Waals surface area contributed by atoms with Crippen molar-refractivity contribution in [3.8, 4) is 0 Å². The molecule has 8 heteroatoms. The molecule has 1 N–H and O–H groups in total.